The van der Waals surface area contributed by atoms with Gasteiger partial charge < -0.3 is 18.8 Å². The number of hydrogen-bond donors (Lipinski definition) is 0. The molecule has 12 rings (SSSR count). The number of pyridine rings is 3. The van der Waals surface area contributed by atoms with Crippen molar-refractivity contribution in [2.24, 2.45) is 4.99 Å². The molecular formula is C56H53BBrCl3N14O4. The SMILES string of the molecule is CC1=NCc2ncc(-c3cncc(Cl)n3)cc21.COc1ccc(Cn2nc(C)c3cc(-c4cncc(Cl)n4)cnc32)cc1.COc1ccc(Cn2nc(C)c3cc(B4OC(C)(C)C(C)(C)O4)cnc32)cc1.Clc1cncc(Br)n1. The summed E-state index contributed by atoms with van der Waals surface area (Å²) < 4.78 is 27.2. The molecular weight excluding hydrogens is 1130 g/mol. The fourth-order valence-corrected chi connectivity index (χ4v) is 9.20. The number of benzene rings is 2. The van der Waals surface area contributed by atoms with E-state index in [4.69, 9.17) is 58.7 Å². The number of hydrogen-bond acceptors (Lipinski definition) is 16. The Bertz CT molecular complexity index is 3790. The van der Waals surface area contributed by atoms with Gasteiger partial charge in [0.25, 0.3) is 0 Å². The maximum Gasteiger partial charge on any atom is 0.496 e. The molecule has 18 nitrogen and oxygen atoms in total. The number of halogens is 4. The predicted octanol–water partition coefficient (Wildman–Crippen LogP) is 11.4. The summed E-state index contributed by atoms with van der Waals surface area (Å²) >= 11 is 20.3. The first-order valence-corrected chi connectivity index (χ1v) is 26.7. The molecule has 0 radical (unpaired) electrons. The van der Waals surface area contributed by atoms with Crippen molar-refractivity contribution < 1.29 is 18.8 Å². The standard InChI is InChI=1S/C21H26BN3O3.C19H16ClN5O.C12H9ClN4.C4H2BrClN2/c1-14-18-11-16(22-27-20(2,3)21(4,5)28-22)12-23-19(18)25(24-14)13-15-7-9-17(26-6)10-8-15;1-12-16-7-14(17-9-21-10-18(20)23-17)8-22-19(16)25(24-12)11-13-3-5-15(26-2)6-4-13;1-7-9-2-8(3-16-11(9)5-15-7)10-4-14-6-12(13)17-10;5-3-1-7-2-4(6)8-3/h7-12H,13H2,1-6H3;3-10H,11H2,1-2H3;2-4,6H,5H2,1H3;1-2H. The van der Waals surface area contributed by atoms with Crippen LogP contribution >= 0.6 is 50.7 Å². The first kappa shape index (κ1) is 56.4. The van der Waals surface area contributed by atoms with Crippen LogP contribution in [-0.4, -0.2) is 103 Å². The number of aromatic nitrogens is 13. The lowest BCUT2D eigenvalue weighted by molar-refractivity contribution is 0.00578. The van der Waals surface area contributed by atoms with Crippen molar-refractivity contribution in [3.05, 3.63) is 176 Å². The molecule has 2 aliphatic rings. The van der Waals surface area contributed by atoms with Gasteiger partial charge >= 0.3 is 7.12 Å². The van der Waals surface area contributed by atoms with Crippen LogP contribution in [-0.2, 0) is 28.9 Å². The number of aliphatic imine (C=N–C) groups is 1. The third-order valence-electron chi connectivity index (χ3n) is 13.3. The summed E-state index contributed by atoms with van der Waals surface area (Å²) in [6, 6.07) is 22.1. The van der Waals surface area contributed by atoms with Crippen molar-refractivity contribution in [1.82, 2.24) is 64.4 Å². The van der Waals surface area contributed by atoms with E-state index in [1.165, 1.54) is 18.6 Å². The van der Waals surface area contributed by atoms with Crippen molar-refractivity contribution in [2.45, 2.75) is 79.3 Å². The van der Waals surface area contributed by atoms with Gasteiger partial charge in [0.2, 0.25) is 0 Å². The number of methoxy groups -OCH3 is 2. The highest BCUT2D eigenvalue weighted by molar-refractivity contribution is 9.10. The Morgan fingerprint density at radius 1 is 0.582 bits per heavy atom. The molecule has 0 bridgehead atoms. The molecule has 2 aromatic carbocycles. The zero-order valence-electron chi connectivity index (χ0n) is 44.7. The highest BCUT2D eigenvalue weighted by Crippen LogP contribution is 2.37. The summed E-state index contributed by atoms with van der Waals surface area (Å²) in [7, 11) is 2.90. The van der Waals surface area contributed by atoms with E-state index in [0.29, 0.717) is 45.4 Å². The molecule has 0 unspecified atom stereocenters. The molecule has 2 aliphatic heterocycles. The minimum atomic E-state index is -0.425. The summed E-state index contributed by atoms with van der Waals surface area (Å²) in [4.78, 5) is 42.2. The van der Waals surface area contributed by atoms with E-state index in [0.717, 1.165) is 95.3 Å². The van der Waals surface area contributed by atoms with Crippen molar-refractivity contribution in [2.75, 3.05) is 14.2 Å². The van der Waals surface area contributed by atoms with Crippen molar-refractivity contribution >= 4 is 91.1 Å². The lowest BCUT2D eigenvalue weighted by Gasteiger charge is -2.32. The van der Waals surface area contributed by atoms with Gasteiger partial charge in [-0.15, -0.1) is 0 Å². The van der Waals surface area contributed by atoms with E-state index < -0.39 is 7.12 Å². The van der Waals surface area contributed by atoms with Crippen molar-refractivity contribution in [3.8, 4) is 34.0 Å². The first-order chi connectivity index (χ1) is 37.9. The summed E-state index contributed by atoms with van der Waals surface area (Å²) in [5, 5.41) is 12.5. The molecule has 0 saturated carbocycles. The maximum absolute atomic E-state index is 6.16. The fourth-order valence-electron chi connectivity index (χ4n) is 8.35. The van der Waals surface area contributed by atoms with Gasteiger partial charge in [-0.1, -0.05) is 59.1 Å². The maximum atomic E-state index is 6.16. The van der Waals surface area contributed by atoms with Crippen LogP contribution < -0.4 is 14.9 Å². The molecule has 402 valence electrons. The lowest BCUT2D eigenvalue weighted by atomic mass is 9.80. The Balaban J connectivity index is 0.000000137. The van der Waals surface area contributed by atoms with Gasteiger partial charge in [-0.25, -0.2) is 34.3 Å². The first-order valence-electron chi connectivity index (χ1n) is 24.7. The molecule has 1 saturated heterocycles. The third-order valence-corrected chi connectivity index (χ3v) is 14.2. The fraction of sp³-hybridized carbons (Fsp3) is 0.250. The highest BCUT2D eigenvalue weighted by Gasteiger charge is 2.52. The van der Waals surface area contributed by atoms with Crippen molar-refractivity contribution in [3.63, 3.8) is 0 Å². The highest BCUT2D eigenvalue weighted by atomic mass is 79.9. The smallest absolute Gasteiger partial charge is 0.496 e. The van der Waals surface area contributed by atoms with E-state index in [1.807, 2.05) is 97.0 Å². The number of fused-ring (bicyclic) bond motifs is 3. The molecule has 8 aromatic heterocycles. The number of aryl methyl sites for hydroxylation is 2. The summed E-state index contributed by atoms with van der Waals surface area (Å²) in [6.45, 7) is 16.1. The number of ether oxygens (including phenoxy) is 2. The lowest BCUT2D eigenvalue weighted by Crippen LogP contribution is -2.41. The van der Waals surface area contributed by atoms with Gasteiger partial charge in [0.05, 0.1) is 111 Å². The minimum absolute atomic E-state index is 0.356. The van der Waals surface area contributed by atoms with Gasteiger partial charge in [0, 0.05) is 57.2 Å². The molecule has 0 N–H and O–H groups in total. The average molecular weight is 1180 g/mol. The number of nitrogens with zero attached hydrogens (tertiary/aromatic N) is 14. The van der Waals surface area contributed by atoms with Crippen LogP contribution in [0.15, 0.2) is 132 Å². The van der Waals surface area contributed by atoms with Crippen LogP contribution in [0.25, 0.3) is 44.6 Å². The monoisotopic (exact) mass is 1180 g/mol. The largest absolute Gasteiger partial charge is 0.497 e. The molecule has 79 heavy (non-hydrogen) atoms. The van der Waals surface area contributed by atoms with Crippen LogP contribution in [0.5, 0.6) is 11.5 Å². The van der Waals surface area contributed by atoms with Crippen LogP contribution in [0, 0.1) is 13.8 Å². The summed E-state index contributed by atoms with van der Waals surface area (Å²) in [5.74, 6) is 1.68. The van der Waals surface area contributed by atoms with Crippen LogP contribution in [0.1, 0.15) is 68.4 Å². The molecule has 0 atom stereocenters. The zero-order valence-corrected chi connectivity index (χ0v) is 48.5. The van der Waals surface area contributed by atoms with E-state index in [1.54, 1.807) is 45.2 Å². The Labute approximate surface area is 480 Å². The average Bonchev–Trinajstić information content (AvgIpc) is 4.20. The minimum Gasteiger partial charge on any atom is -0.497 e. The molecule has 0 spiro atoms. The molecule has 0 aliphatic carbocycles. The Morgan fingerprint density at radius 3 is 1.53 bits per heavy atom. The number of rotatable bonds is 9. The second kappa shape index (κ2) is 24.4. The molecule has 1 fully saturated rings. The third kappa shape index (κ3) is 13.4. The van der Waals surface area contributed by atoms with E-state index in [9.17, 15) is 0 Å². The summed E-state index contributed by atoms with van der Waals surface area (Å²) in [6.07, 6.45) is 14.8. The second-order valence-electron chi connectivity index (χ2n) is 19.2. The molecule has 10 heterocycles. The van der Waals surface area contributed by atoms with Gasteiger partial charge in [0.15, 0.2) is 11.3 Å². The van der Waals surface area contributed by atoms with E-state index in [-0.39, 0.29) is 11.2 Å². The van der Waals surface area contributed by atoms with Gasteiger partial charge in [-0.3, -0.25) is 24.9 Å². The van der Waals surface area contributed by atoms with Gasteiger partial charge in [-0.2, -0.15) is 10.2 Å². The molecule has 0 amide bonds. The van der Waals surface area contributed by atoms with Gasteiger partial charge in [-0.05, 0) is 118 Å². The van der Waals surface area contributed by atoms with E-state index >= 15 is 0 Å². The summed E-state index contributed by atoms with van der Waals surface area (Å²) in [5.41, 5.74) is 12.3. The Hall–Kier alpha value is -7.33. The van der Waals surface area contributed by atoms with Gasteiger partial charge in [0.1, 0.15) is 31.6 Å². The van der Waals surface area contributed by atoms with E-state index in [2.05, 4.69) is 105 Å². The van der Waals surface area contributed by atoms with Crippen LogP contribution in [0.3, 0.4) is 0 Å². The zero-order chi connectivity index (χ0) is 56.0. The molecule has 10 aromatic rings. The topological polar surface area (TPSA) is 201 Å². The quantitative estimate of drug-likeness (QED) is 0.123. The molecule has 23 heteroatoms. The van der Waals surface area contributed by atoms with Crippen LogP contribution in [0.4, 0.5) is 0 Å². The van der Waals surface area contributed by atoms with Crippen molar-refractivity contribution in [1.29, 1.82) is 0 Å². The normalized spacial score (nSPS) is 13.8. The van der Waals surface area contributed by atoms with Crippen LogP contribution in [0.2, 0.25) is 15.5 Å². The predicted molar refractivity (Wildman–Crippen MR) is 311 cm³/mol. The Kier molecular flexibility index (Phi) is 17.4. The Morgan fingerprint density at radius 2 is 1.05 bits per heavy atom. The second-order valence-corrected chi connectivity index (χ2v) is 21.2.